The molecule has 0 aliphatic rings. The van der Waals surface area contributed by atoms with E-state index in [1.165, 1.54) is 13.8 Å². The van der Waals surface area contributed by atoms with Gasteiger partial charge in [-0.05, 0) is 13.8 Å². The molecule has 0 radical (unpaired) electrons. The smallest absolute Gasteiger partial charge is 0.328 e. The van der Waals surface area contributed by atoms with Gasteiger partial charge in [-0.1, -0.05) is 0 Å². The van der Waals surface area contributed by atoms with E-state index in [1.807, 2.05) is 0 Å². The van der Waals surface area contributed by atoms with Gasteiger partial charge in [-0.2, -0.15) is 5.10 Å². The maximum Gasteiger partial charge on any atom is 0.328 e. The fourth-order valence-corrected chi connectivity index (χ4v) is 1.17. The van der Waals surface area contributed by atoms with E-state index in [0.29, 0.717) is 18.8 Å². The summed E-state index contributed by atoms with van der Waals surface area (Å²) in [6.45, 7) is 3.16. The summed E-state index contributed by atoms with van der Waals surface area (Å²) in [5, 5.41) is 17.8. The van der Waals surface area contributed by atoms with Gasteiger partial charge in [-0.3, -0.25) is 4.68 Å². The largest absolute Gasteiger partial charge is 0.480 e. The highest BCUT2D eigenvalue weighted by atomic mass is 16.4. The number of urea groups is 1. The molecule has 18 heavy (non-hydrogen) atoms. The maximum atomic E-state index is 11.4. The lowest BCUT2D eigenvalue weighted by Crippen LogP contribution is -2.53. The topological polar surface area (TPSA) is 109 Å². The lowest BCUT2D eigenvalue weighted by atomic mass is 10.1. The summed E-state index contributed by atoms with van der Waals surface area (Å²) in [5.41, 5.74) is -1.30. The number of aliphatic carboxylic acids is 1. The van der Waals surface area contributed by atoms with E-state index in [-0.39, 0.29) is 0 Å². The van der Waals surface area contributed by atoms with Crippen LogP contribution in [0.5, 0.6) is 0 Å². The lowest BCUT2D eigenvalue weighted by molar-refractivity contribution is -0.142. The summed E-state index contributed by atoms with van der Waals surface area (Å²) in [6, 6.07) is -0.529. The summed E-state index contributed by atoms with van der Waals surface area (Å²) in [5.74, 6) is -0.473. The predicted octanol–water partition coefficient (Wildman–Crippen LogP) is -0.480. The predicted molar refractivity (Wildman–Crippen MR) is 63.0 cm³/mol. The van der Waals surface area contributed by atoms with Crippen molar-refractivity contribution in [1.82, 2.24) is 25.4 Å². The van der Waals surface area contributed by atoms with Gasteiger partial charge in [-0.25, -0.2) is 14.6 Å². The van der Waals surface area contributed by atoms with Crippen molar-refractivity contribution in [3.8, 4) is 0 Å². The number of aromatic nitrogens is 3. The minimum atomic E-state index is -1.30. The monoisotopic (exact) mass is 255 g/mol. The number of hydrogen-bond acceptors (Lipinski definition) is 4. The molecule has 0 saturated heterocycles. The second-order valence-electron chi connectivity index (χ2n) is 4.40. The molecule has 0 fully saturated rings. The Morgan fingerprint density at radius 3 is 2.67 bits per heavy atom. The summed E-state index contributed by atoms with van der Waals surface area (Å²) < 4.78 is 1.57. The first kappa shape index (κ1) is 13.9. The molecule has 0 unspecified atom stereocenters. The number of carbonyl (C=O) groups excluding carboxylic acids is 1. The van der Waals surface area contributed by atoms with Crippen LogP contribution in [-0.2, 0) is 18.3 Å². The van der Waals surface area contributed by atoms with E-state index < -0.39 is 17.5 Å². The van der Waals surface area contributed by atoms with Gasteiger partial charge < -0.3 is 15.7 Å². The Morgan fingerprint density at radius 1 is 1.50 bits per heavy atom. The summed E-state index contributed by atoms with van der Waals surface area (Å²) in [4.78, 5) is 26.2. The molecule has 3 N–H and O–H groups in total. The second-order valence-corrected chi connectivity index (χ2v) is 4.40. The minimum absolute atomic E-state index is 0.339. The molecule has 2 amide bonds. The fraction of sp³-hybridized carbons (Fsp3) is 0.600. The zero-order valence-corrected chi connectivity index (χ0v) is 10.6. The number of rotatable bonds is 5. The van der Waals surface area contributed by atoms with E-state index in [4.69, 9.17) is 5.11 Å². The van der Waals surface area contributed by atoms with Crippen molar-refractivity contribution in [3.05, 3.63) is 12.2 Å². The maximum absolute atomic E-state index is 11.4. The van der Waals surface area contributed by atoms with Gasteiger partial charge in [-0.15, -0.1) is 0 Å². The van der Waals surface area contributed by atoms with Crippen molar-refractivity contribution in [2.24, 2.45) is 7.05 Å². The van der Waals surface area contributed by atoms with E-state index in [1.54, 1.807) is 18.1 Å². The number of carboxylic acid groups (broad SMARTS) is 1. The average Bonchev–Trinajstić information content (AvgIpc) is 2.63. The number of nitrogens with one attached hydrogen (secondary N) is 2. The van der Waals surface area contributed by atoms with Crippen LogP contribution >= 0.6 is 0 Å². The summed E-state index contributed by atoms with van der Waals surface area (Å²) >= 11 is 0. The van der Waals surface area contributed by atoms with E-state index in [0.717, 1.165) is 0 Å². The first-order valence-electron chi connectivity index (χ1n) is 5.45. The number of hydrogen-bond donors (Lipinski definition) is 3. The Bertz CT molecular complexity index is 440. The van der Waals surface area contributed by atoms with Crippen LogP contribution in [0.2, 0.25) is 0 Å². The van der Waals surface area contributed by atoms with Crippen molar-refractivity contribution in [3.63, 3.8) is 0 Å². The molecule has 100 valence electrons. The van der Waals surface area contributed by atoms with E-state index in [9.17, 15) is 9.59 Å². The highest BCUT2D eigenvalue weighted by Gasteiger charge is 2.28. The van der Waals surface area contributed by atoms with Crippen molar-refractivity contribution in [2.45, 2.75) is 25.8 Å². The van der Waals surface area contributed by atoms with Crippen LogP contribution in [0.1, 0.15) is 19.7 Å². The number of carboxylic acids is 1. The average molecular weight is 255 g/mol. The number of amides is 2. The molecule has 0 bridgehead atoms. The van der Waals surface area contributed by atoms with Crippen molar-refractivity contribution in [1.29, 1.82) is 0 Å². The molecule has 1 heterocycles. The Morgan fingerprint density at radius 2 is 2.17 bits per heavy atom. The second kappa shape index (κ2) is 5.48. The molecule has 0 aliphatic heterocycles. The highest BCUT2D eigenvalue weighted by molar-refractivity contribution is 5.85. The molecular weight excluding hydrogens is 238 g/mol. The van der Waals surface area contributed by atoms with Crippen LogP contribution in [0.3, 0.4) is 0 Å². The molecule has 0 aromatic carbocycles. The van der Waals surface area contributed by atoms with Gasteiger partial charge in [0.2, 0.25) is 0 Å². The fourth-order valence-electron chi connectivity index (χ4n) is 1.17. The molecule has 8 heteroatoms. The van der Waals surface area contributed by atoms with E-state index >= 15 is 0 Å². The highest BCUT2D eigenvalue weighted by Crippen LogP contribution is 2.00. The SMILES string of the molecule is Cn1cnc(CCNC(=O)NC(C)(C)C(=O)O)n1. The summed E-state index contributed by atoms with van der Waals surface area (Å²) in [7, 11) is 1.76. The quantitative estimate of drug-likeness (QED) is 0.658. The van der Waals surface area contributed by atoms with Crippen LogP contribution in [0, 0.1) is 0 Å². The Balaban J connectivity index is 2.32. The van der Waals surface area contributed by atoms with Crippen LogP contribution in [0.15, 0.2) is 6.33 Å². The molecule has 0 spiro atoms. The first-order valence-corrected chi connectivity index (χ1v) is 5.45. The normalized spacial score (nSPS) is 11.1. The molecule has 1 rings (SSSR count). The number of aryl methyl sites for hydroxylation is 1. The molecule has 8 nitrogen and oxygen atoms in total. The number of carbonyl (C=O) groups is 2. The molecule has 1 aromatic rings. The third-order valence-corrected chi connectivity index (χ3v) is 2.24. The third-order valence-electron chi connectivity index (χ3n) is 2.24. The van der Waals surface area contributed by atoms with Crippen molar-refractivity contribution >= 4 is 12.0 Å². The molecule has 0 atom stereocenters. The van der Waals surface area contributed by atoms with Gasteiger partial charge >= 0.3 is 12.0 Å². The standard InChI is InChI=1S/C10H17N5O3/c1-10(2,8(16)17)13-9(18)11-5-4-7-12-6-15(3)14-7/h6H,4-5H2,1-3H3,(H,16,17)(H2,11,13,18). The van der Waals surface area contributed by atoms with Gasteiger partial charge in [0.05, 0.1) is 0 Å². The molecule has 1 aromatic heterocycles. The first-order chi connectivity index (χ1) is 8.31. The molecular formula is C10H17N5O3. The van der Waals surface area contributed by atoms with Gasteiger partial charge in [0, 0.05) is 20.0 Å². The van der Waals surface area contributed by atoms with Crippen LogP contribution in [0.25, 0.3) is 0 Å². The zero-order valence-electron chi connectivity index (χ0n) is 10.6. The third kappa shape index (κ3) is 4.04. The lowest BCUT2D eigenvalue weighted by Gasteiger charge is -2.21. The minimum Gasteiger partial charge on any atom is -0.480 e. The van der Waals surface area contributed by atoms with Gasteiger partial charge in [0.25, 0.3) is 0 Å². The Kier molecular flexibility index (Phi) is 4.24. The van der Waals surface area contributed by atoms with E-state index in [2.05, 4.69) is 20.7 Å². The Labute approximate surface area is 104 Å². The van der Waals surface area contributed by atoms with Crippen LogP contribution in [0.4, 0.5) is 4.79 Å². The van der Waals surface area contributed by atoms with Crippen LogP contribution in [-0.4, -0.2) is 44.0 Å². The molecule has 0 saturated carbocycles. The van der Waals surface area contributed by atoms with Gasteiger partial charge in [0.15, 0.2) is 5.82 Å². The zero-order chi connectivity index (χ0) is 13.8. The van der Waals surface area contributed by atoms with Crippen LogP contribution < -0.4 is 10.6 Å². The summed E-state index contributed by atoms with van der Waals surface area (Å²) in [6.07, 6.45) is 2.06. The molecule has 0 aliphatic carbocycles. The van der Waals surface area contributed by atoms with Gasteiger partial charge in [0.1, 0.15) is 11.9 Å². The number of nitrogens with zero attached hydrogens (tertiary/aromatic N) is 3. The van der Waals surface area contributed by atoms with Crippen molar-refractivity contribution in [2.75, 3.05) is 6.54 Å². The van der Waals surface area contributed by atoms with Crippen molar-refractivity contribution < 1.29 is 14.7 Å². The Hall–Kier alpha value is -2.12.